The Bertz CT molecular complexity index is 481. The molecule has 1 aromatic rings. The molecule has 1 amide bonds. The molecule has 0 bridgehead atoms. The minimum atomic E-state index is -0.759. The molecule has 0 heterocycles. The van der Waals surface area contributed by atoms with Gasteiger partial charge in [-0.15, -0.1) is 0 Å². The molecule has 0 atom stereocenters. The van der Waals surface area contributed by atoms with Crippen LogP contribution in [0, 0.1) is 11.8 Å². The van der Waals surface area contributed by atoms with Gasteiger partial charge in [0.25, 0.3) is 0 Å². The van der Waals surface area contributed by atoms with Crippen LogP contribution in [0.2, 0.25) is 5.02 Å². The fourth-order valence-electron chi connectivity index (χ4n) is 2.40. The first kappa shape index (κ1) is 13.9. The first-order valence-corrected chi connectivity index (χ1v) is 6.74. The quantitative estimate of drug-likeness (QED) is 0.894. The minimum absolute atomic E-state index is 0.0723. The van der Waals surface area contributed by atoms with E-state index in [9.17, 15) is 9.59 Å². The van der Waals surface area contributed by atoms with Gasteiger partial charge in [0.15, 0.2) is 0 Å². The Kier molecular flexibility index (Phi) is 4.43. The van der Waals surface area contributed by atoms with Gasteiger partial charge in [-0.1, -0.05) is 23.7 Å². The summed E-state index contributed by atoms with van der Waals surface area (Å²) < 4.78 is 0. The Morgan fingerprint density at radius 2 is 1.68 bits per heavy atom. The third-order valence-electron chi connectivity index (χ3n) is 3.58. The number of nitrogens with one attached hydrogen (secondary N) is 1. The Morgan fingerprint density at radius 1 is 1.11 bits per heavy atom. The Labute approximate surface area is 116 Å². The zero-order chi connectivity index (χ0) is 13.8. The van der Waals surface area contributed by atoms with E-state index in [4.69, 9.17) is 16.7 Å². The van der Waals surface area contributed by atoms with Gasteiger partial charge in [0, 0.05) is 5.92 Å². The van der Waals surface area contributed by atoms with Crippen LogP contribution >= 0.6 is 11.6 Å². The van der Waals surface area contributed by atoms with Crippen molar-refractivity contribution in [3.8, 4) is 0 Å². The molecule has 0 saturated heterocycles. The van der Waals surface area contributed by atoms with Crippen molar-refractivity contribution in [1.82, 2.24) is 0 Å². The van der Waals surface area contributed by atoms with E-state index in [0.717, 1.165) is 0 Å². The number of carboxylic acids is 1. The van der Waals surface area contributed by atoms with Crippen molar-refractivity contribution in [3.05, 3.63) is 29.3 Å². The number of benzene rings is 1. The topological polar surface area (TPSA) is 66.4 Å². The third kappa shape index (κ3) is 3.47. The van der Waals surface area contributed by atoms with Crippen molar-refractivity contribution in [2.75, 3.05) is 5.32 Å². The highest BCUT2D eigenvalue weighted by molar-refractivity contribution is 6.33. The number of anilines is 1. The number of aliphatic carboxylic acids is 1. The van der Waals surface area contributed by atoms with Gasteiger partial charge in [-0.05, 0) is 37.8 Å². The van der Waals surface area contributed by atoms with Gasteiger partial charge in [0.05, 0.1) is 16.6 Å². The number of carbonyl (C=O) groups excluding carboxylic acids is 1. The largest absolute Gasteiger partial charge is 0.481 e. The number of carboxylic acid groups (broad SMARTS) is 1. The summed E-state index contributed by atoms with van der Waals surface area (Å²) in [6.07, 6.45) is 2.37. The van der Waals surface area contributed by atoms with Crippen LogP contribution in [0.25, 0.3) is 0 Å². The molecule has 2 N–H and O–H groups in total. The smallest absolute Gasteiger partial charge is 0.306 e. The van der Waals surface area contributed by atoms with E-state index in [1.807, 2.05) is 6.07 Å². The normalized spacial score (nSPS) is 22.8. The van der Waals surface area contributed by atoms with Gasteiger partial charge < -0.3 is 10.4 Å². The molecular weight excluding hydrogens is 266 g/mol. The van der Waals surface area contributed by atoms with E-state index in [1.54, 1.807) is 18.2 Å². The van der Waals surface area contributed by atoms with Gasteiger partial charge in [-0.3, -0.25) is 9.59 Å². The Morgan fingerprint density at radius 3 is 2.26 bits per heavy atom. The lowest BCUT2D eigenvalue weighted by atomic mass is 9.81. The van der Waals surface area contributed by atoms with Crippen LogP contribution in [-0.4, -0.2) is 17.0 Å². The third-order valence-corrected chi connectivity index (χ3v) is 3.91. The van der Waals surface area contributed by atoms with Crippen LogP contribution in [0.1, 0.15) is 25.7 Å². The Hall–Kier alpha value is -1.55. The van der Waals surface area contributed by atoms with Gasteiger partial charge in [-0.25, -0.2) is 0 Å². The summed E-state index contributed by atoms with van der Waals surface area (Å²) in [5, 5.41) is 12.2. The van der Waals surface area contributed by atoms with E-state index in [2.05, 4.69) is 5.32 Å². The molecule has 0 aromatic heterocycles. The van der Waals surface area contributed by atoms with E-state index >= 15 is 0 Å². The fourth-order valence-corrected chi connectivity index (χ4v) is 2.58. The lowest BCUT2D eigenvalue weighted by molar-refractivity contribution is -0.143. The van der Waals surface area contributed by atoms with Crippen LogP contribution in [0.4, 0.5) is 5.69 Å². The Balaban J connectivity index is 1.92. The van der Waals surface area contributed by atoms with Crippen molar-refractivity contribution in [1.29, 1.82) is 0 Å². The van der Waals surface area contributed by atoms with Crippen molar-refractivity contribution in [2.45, 2.75) is 25.7 Å². The van der Waals surface area contributed by atoms with Gasteiger partial charge >= 0.3 is 5.97 Å². The minimum Gasteiger partial charge on any atom is -0.481 e. The maximum Gasteiger partial charge on any atom is 0.306 e. The van der Waals surface area contributed by atoms with Gasteiger partial charge in [0.1, 0.15) is 0 Å². The monoisotopic (exact) mass is 281 g/mol. The molecule has 0 unspecified atom stereocenters. The average molecular weight is 282 g/mol. The van der Waals surface area contributed by atoms with Gasteiger partial charge in [0.2, 0.25) is 5.91 Å². The molecule has 5 heteroatoms. The van der Waals surface area contributed by atoms with E-state index in [0.29, 0.717) is 36.4 Å². The summed E-state index contributed by atoms with van der Waals surface area (Å²) in [6.45, 7) is 0. The van der Waals surface area contributed by atoms with Crippen LogP contribution in [0.5, 0.6) is 0 Å². The summed E-state index contributed by atoms with van der Waals surface area (Å²) in [7, 11) is 0. The molecule has 1 aliphatic rings. The highest BCUT2D eigenvalue weighted by atomic mass is 35.5. The van der Waals surface area contributed by atoms with Crippen molar-refractivity contribution in [2.24, 2.45) is 11.8 Å². The van der Waals surface area contributed by atoms with Crippen LogP contribution in [-0.2, 0) is 9.59 Å². The molecule has 1 fully saturated rings. The lowest BCUT2D eigenvalue weighted by Gasteiger charge is -2.25. The highest BCUT2D eigenvalue weighted by Crippen LogP contribution is 2.30. The second kappa shape index (κ2) is 6.06. The molecule has 0 aliphatic heterocycles. The predicted octanol–water partition coefficient (Wildman–Crippen LogP) is 3.17. The molecule has 19 heavy (non-hydrogen) atoms. The fraction of sp³-hybridized carbons (Fsp3) is 0.429. The van der Waals surface area contributed by atoms with Crippen molar-refractivity contribution < 1.29 is 14.7 Å². The number of hydrogen-bond acceptors (Lipinski definition) is 2. The summed E-state index contributed by atoms with van der Waals surface area (Å²) in [5.41, 5.74) is 0.606. The summed E-state index contributed by atoms with van der Waals surface area (Å²) >= 11 is 5.98. The molecular formula is C14H16ClNO3. The van der Waals surface area contributed by atoms with E-state index < -0.39 is 5.97 Å². The second-order valence-electron chi connectivity index (χ2n) is 4.86. The SMILES string of the molecule is O=C(O)C1CCC(C(=O)Nc2ccccc2Cl)CC1. The maximum atomic E-state index is 12.1. The number of rotatable bonds is 3. The molecule has 2 rings (SSSR count). The summed E-state index contributed by atoms with van der Waals surface area (Å²) in [6, 6.07) is 7.08. The molecule has 102 valence electrons. The van der Waals surface area contributed by atoms with Crippen LogP contribution < -0.4 is 5.32 Å². The van der Waals surface area contributed by atoms with Crippen LogP contribution in [0.15, 0.2) is 24.3 Å². The number of halogens is 1. The summed E-state index contributed by atoms with van der Waals surface area (Å²) in [5.74, 6) is -1.25. The number of carbonyl (C=O) groups is 2. The first-order chi connectivity index (χ1) is 9.08. The van der Waals surface area contributed by atoms with Crippen molar-refractivity contribution in [3.63, 3.8) is 0 Å². The van der Waals surface area contributed by atoms with Crippen molar-refractivity contribution >= 4 is 29.2 Å². The molecule has 1 aromatic carbocycles. The molecule has 1 aliphatic carbocycles. The molecule has 1 saturated carbocycles. The standard InChI is InChI=1S/C14H16ClNO3/c15-11-3-1-2-4-12(11)16-13(17)9-5-7-10(8-6-9)14(18)19/h1-4,9-10H,5-8H2,(H,16,17)(H,18,19). The summed E-state index contributed by atoms with van der Waals surface area (Å²) in [4.78, 5) is 22.9. The zero-order valence-corrected chi connectivity index (χ0v) is 11.2. The zero-order valence-electron chi connectivity index (χ0n) is 10.4. The van der Waals surface area contributed by atoms with Crippen LogP contribution in [0.3, 0.4) is 0 Å². The number of para-hydroxylation sites is 1. The molecule has 0 radical (unpaired) electrons. The molecule has 4 nitrogen and oxygen atoms in total. The number of hydrogen-bond donors (Lipinski definition) is 2. The average Bonchev–Trinajstić information content (AvgIpc) is 2.41. The molecule has 0 spiro atoms. The maximum absolute atomic E-state index is 12.1. The predicted molar refractivity (Wildman–Crippen MR) is 73.2 cm³/mol. The van der Waals surface area contributed by atoms with E-state index in [1.165, 1.54) is 0 Å². The lowest BCUT2D eigenvalue weighted by Crippen LogP contribution is -2.29. The first-order valence-electron chi connectivity index (χ1n) is 6.36. The van der Waals surface area contributed by atoms with Gasteiger partial charge in [-0.2, -0.15) is 0 Å². The van der Waals surface area contributed by atoms with E-state index in [-0.39, 0.29) is 17.7 Å². The number of amides is 1. The second-order valence-corrected chi connectivity index (χ2v) is 5.26. The highest BCUT2D eigenvalue weighted by Gasteiger charge is 2.29.